The van der Waals surface area contributed by atoms with Crippen LogP contribution in [0.25, 0.3) is 11.1 Å². The molecule has 3 aromatic rings. The van der Waals surface area contributed by atoms with Crippen molar-refractivity contribution in [3.8, 4) is 22.6 Å². The zero-order chi connectivity index (χ0) is 20.7. The summed E-state index contributed by atoms with van der Waals surface area (Å²) < 4.78 is 25.3. The highest BCUT2D eigenvalue weighted by atomic mass is 19.1. The van der Waals surface area contributed by atoms with Crippen molar-refractivity contribution >= 4 is 12.1 Å². The molecule has 5 rings (SSSR count). The fourth-order valence-electron chi connectivity index (χ4n) is 4.07. The standard InChI is InChI=1S/C25H19FO4/c26-21-6-4-18(17-3-1-2-16(10-17)14-27)11-19(21)12-24(28)25(8-9-25)20-5-7-22-23(13-20)30-15-29-22/h1-7,10-11,13-14H,8-9,12,15H2. The molecule has 30 heavy (non-hydrogen) atoms. The largest absolute Gasteiger partial charge is 0.454 e. The Labute approximate surface area is 173 Å². The lowest BCUT2D eigenvalue weighted by atomic mass is 9.87. The summed E-state index contributed by atoms with van der Waals surface area (Å²) in [4.78, 5) is 24.3. The number of rotatable bonds is 6. The van der Waals surface area contributed by atoms with Crippen molar-refractivity contribution in [1.29, 1.82) is 0 Å². The molecule has 1 aliphatic carbocycles. The van der Waals surface area contributed by atoms with Crippen LogP contribution in [-0.4, -0.2) is 18.9 Å². The lowest BCUT2D eigenvalue weighted by Gasteiger charge is -2.16. The number of carbonyl (C=O) groups excluding carboxylic acids is 2. The predicted molar refractivity (Wildman–Crippen MR) is 109 cm³/mol. The molecule has 0 unspecified atom stereocenters. The number of Topliss-reactive ketones (excluding diaryl/α,β-unsaturated/α-hetero) is 1. The van der Waals surface area contributed by atoms with E-state index in [9.17, 15) is 14.0 Å². The van der Waals surface area contributed by atoms with Crippen LogP contribution in [0.4, 0.5) is 4.39 Å². The fourth-order valence-corrected chi connectivity index (χ4v) is 4.07. The Bertz CT molecular complexity index is 1160. The number of fused-ring (bicyclic) bond motifs is 1. The zero-order valence-corrected chi connectivity index (χ0v) is 16.2. The highest BCUT2D eigenvalue weighted by Crippen LogP contribution is 2.51. The molecular formula is C25H19FO4. The maximum Gasteiger partial charge on any atom is 0.231 e. The van der Waals surface area contributed by atoms with Crippen molar-refractivity contribution in [1.82, 2.24) is 0 Å². The van der Waals surface area contributed by atoms with Crippen LogP contribution in [0.15, 0.2) is 60.7 Å². The summed E-state index contributed by atoms with van der Waals surface area (Å²) in [5, 5.41) is 0. The highest BCUT2D eigenvalue weighted by Gasteiger charge is 2.51. The van der Waals surface area contributed by atoms with Crippen LogP contribution >= 0.6 is 0 Å². The lowest BCUT2D eigenvalue weighted by Crippen LogP contribution is -2.23. The van der Waals surface area contributed by atoms with E-state index in [1.807, 2.05) is 24.3 Å². The van der Waals surface area contributed by atoms with Gasteiger partial charge in [-0.2, -0.15) is 0 Å². The van der Waals surface area contributed by atoms with Crippen molar-refractivity contribution < 1.29 is 23.5 Å². The molecule has 3 aromatic carbocycles. The van der Waals surface area contributed by atoms with Crippen molar-refractivity contribution in [2.24, 2.45) is 0 Å². The van der Waals surface area contributed by atoms with E-state index < -0.39 is 11.2 Å². The number of ether oxygens (including phenoxy) is 2. The van der Waals surface area contributed by atoms with Crippen LogP contribution in [0, 0.1) is 5.82 Å². The number of ketones is 1. The van der Waals surface area contributed by atoms with Crippen molar-refractivity contribution in [2.75, 3.05) is 6.79 Å². The SMILES string of the molecule is O=Cc1cccc(-c2ccc(F)c(CC(=O)C3(c4ccc5c(c4)OCO5)CC3)c2)c1. The van der Waals surface area contributed by atoms with Crippen LogP contribution in [-0.2, 0) is 16.6 Å². The smallest absolute Gasteiger partial charge is 0.231 e. The van der Waals surface area contributed by atoms with Gasteiger partial charge in [-0.05, 0) is 65.4 Å². The first kappa shape index (κ1) is 18.6. The quantitative estimate of drug-likeness (QED) is 0.552. The van der Waals surface area contributed by atoms with Gasteiger partial charge in [0.25, 0.3) is 0 Å². The average molecular weight is 402 g/mol. The number of carbonyl (C=O) groups is 2. The molecule has 1 fully saturated rings. The Balaban J connectivity index is 1.42. The van der Waals surface area contributed by atoms with E-state index >= 15 is 0 Å². The normalized spacial score (nSPS) is 15.6. The summed E-state index contributed by atoms with van der Waals surface area (Å²) in [6, 6.07) is 17.4. The van der Waals surface area contributed by atoms with Crippen LogP contribution in [0.3, 0.4) is 0 Å². The van der Waals surface area contributed by atoms with Gasteiger partial charge in [0.05, 0.1) is 5.41 Å². The monoisotopic (exact) mass is 402 g/mol. The summed E-state index contributed by atoms with van der Waals surface area (Å²) >= 11 is 0. The average Bonchev–Trinajstić information content (AvgIpc) is 3.46. The molecule has 0 atom stereocenters. The topological polar surface area (TPSA) is 52.6 Å². The molecule has 0 aromatic heterocycles. The van der Waals surface area contributed by atoms with Crippen LogP contribution in [0.5, 0.6) is 11.5 Å². The highest BCUT2D eigenvalue weighted by molar-refractivity contribution is 5.95. The Hall–Kier alpha value is -3.47. The third-order valence-electron chi connectivity index (χ3n) is 5.96. The second kappa shape index (κ2) is 7.10. The molecule has 2 aliphatic rings. The Kier molecular flexibility index (Phi) is 4.39. The molecule has 1 saturated carbocycles. The summed E-state index contributed by atoms with van der Waals surface area (Å²) in [6.07, 6.45) is 2.28. The van der Waals surface area contributed by atoms with Gasteiger partial charge < -0.3 is 9.47 Å². The van der Waals surface area contributed by atoms with Crippen molar-refractivity contribution in [2.45, 2.75) is 24.7 Å². The molecule has 0 saturated heterocycles. The first-order chi connectivity index (χ1) is 14.6. The molecular weight excluding hydrogens is 383 g/mol. The van der Waals surface area contributed by atoms with Crippen LogP contribution in [0.2, 0.25) is 0 Å². The third-order valence-corrected chi connectivity index (χ3v) is 5.96. The summed E-state index contributed by atoms with van der Waals surface area (Å²) in [5.41, 5.74) is 2.81. The van der Waals surface area contributed by atoms with Crippen molar-refractivity contribution in [3.05, 3.63) is 83.2 Å². The molecule has 150 valence electrons. The molecule has 0 N–H and O–H groups in total. The van der Waals surface area contributed by atoms with Gasteiger partial charge in [0, 0.05) is 12.0 Å². The Morgan fingerprint density at radius 2 is 1.77 bits per heavy atom. The minimum absolute atomic E-state index is 0.000873. The number of benzene rings is 3. The van der Waals surface area contributed by atoms with E-state index in [4.69, 9.17) is 9.47 Å². The summed E-state index contributed by atoms with van der Waals surface area (Å²) in [5.74, 6) is 0.923. The van der Waals surface area contributed by atoms with E-state index in [1.165, 1.54) is 6.07 Å². The predicted octanol–water partition coefficient (Wildman–Crippen LogP) is 4.88. The van der Waals surface area contributed by atoms with E-state index in [0.29, 0.717) is 22.6 Å². The molecule has 1 heterocycles. The first-order valence-electron chi connectivity index (χ1n) is 9.86. The number of hydrogen-bond acceptors (Lipinski definition) is 4. The third kappa shape index (κ3) is 3.16. The minimum atomic E-state index is -0.582. The van der Waals surface area contributed by atoms with E-state index in [1.54, 1.807) is 30.3 Å². The van der Waals surface area contributed by atoms with Gasteiger partial charge in [0.2, 0.25) is 6.79 Å². The Morgan fingerprint density at radius 3 is 2.57 bits per heavy atom. The maximum absolute atomic E-state index is 14.5. The van der Waals surface area contributed by atoms with E-state index in [0.717, 1.165) is 35.8 Å². The van der Waals surface area contributed by atoms with Gasteiger partial charge in [-0.15, -0.1) is 0 Å². The van der Waals surface area contributed by atoms with Crippen molar-refractivity contribution in [3.63, 3.8) is 0 Å². The van der Waals surface area contributed by atoms with Gasteiger partial charge in [-0.25, -0.2) is 4.39 Å². The summed E-state index contributed by atoms with van der Waals surface area (Å²) in [6.45, 7) is 0.184. The molecule has 0 radical (unpaired) electrons. The molecule has 0 spiro atoms. The number of aldehydes is 1. The maximum atomic E-state index is 14.5. The first-order valence-corrected chi connectivity index (χ1v) is 9.86. The number of hydrogen-bond donors (Lipinski definition) is 0. The van der Waals surface area contributed by atoms with Gasteiger partial charge in [-0.1, -0.05) is 30.3 Å². The lowest BCUT2D eigenvalue weighted by molar-refractivity contribution is -0.120. The summed E-state index contributed by atoms with van der Waals surface area (Å²) in [7, 11) is 0. The van der Waals surface area contributed by atoms with E-state index in [-0.39, 0.29) is 19.0 Å². The molecule has 0 bridgehead atoms. The van der Waals surface area contributed by atoms with Gasteiger partial charge >= 0.3 is 0 Å². The second-order valence-electron chi connectivity index (χ2n) is 7.80. The molecule has 4 nitrogen and oxygen atoms in total. The molecule has 5 heteroatoms. The zero-order valence-electron chi connectivity index (χ0n) is 16.2. The van der Waals surface area contributed by atoms with Crippen LogP contribution in [0.1, 0.15) is 34.3 Å². The van der Waals surface area contributed by atoms with Gasteiger partial charge in [0.1, 0.15) is 17.9 Å². The number of halogens is 1. The Morgan fingerprint density at radius 1 is 0.967 bits per heavy atom. The van der Waals surface area contributed by atoms with Gasteiger partial charge in [-0.3, -0.25) is 9.59 Å². The second-order valence-corrected chi connectivity index (χ2v) is 7.80. The van der Waals surface area contributed by atoms with Crippen LogP contribution < -0.4 is 9.47 Å². The molecule has 0 amide bonds. The minimum Gasteiger partial charge on any atom is -0.454 e. The molecule has 1 aliphatic heterocycles. The van der Waals surface area contributed by atoms with E-state index in [2.05, 4.69) is 0 Å². The van der Waals surface area contributed by atoms with Gasteiger partial charge in [0.15, 0.2) is 11.5 Å². The fraction of sp³-hybridized carbons (Fsp3) is 0.200.